The van der Waals surface area contributed by atoms with Gasteiger partial charge >= 0.3 is 5.97 Å². The summed E-state index contributed by atoms with van der Waals surface area (Å²) in [5.41, 5.74) is 0. The second kappa shape index (κ2) is 5.98. The predicted molar refractivity (Wildman–Crippen MR) is 52.9 cm³/mol. The van der Waals surface area contributed by atoms with Crippen molar-refractivity contribution >= 4 is 5.97 Å². The Kier molecular flexibility index (Phi) is 4.90. The van der Waals surface area contributed by atoms with Crippen LogP contribution in [0, 0.1) is 0 Å². The first kappa shape index (κ1) is 11.5. The minimum absolute atomic E-state index is 0.174. The van der Waals surface area contributed by atoms with Crippen molar-refractivity contribution < 1.29 is 14.6 Å². The van der Waals surface area contributed by atoms with E-state index in [1.54, 1.807) is 0 Å². The summed E-state index contributed by atoms with van der Waals surface area (Å²) in [5.74, 6) is -0.174. The number of carbonyl (C=O) groups is 1. The maximum atomic E-state index is 11.2. The van der Waals surface area contributed by atoms with E-state index in [1.807, 2.05) is 4.90 Å². The molecule has 0 aromatic heterocycles. The van der Waals surface area contributed by atoms with Gasteiger partial charge in [0.25, 0.3) is 0 Å². The van der Waals surface area contributed by atoms with Gasteiger partial charge in [-0.05, 0) is 12.8 Å². The fourth-order valence-electron chi connectivity index (χ4n) is 1.51. The van der Waals surface area contributed by atoms with Gasteiger partial charge in [0.15, 0.2) is 0 Å². The number of carbonyl (C=O) groups excluding carboxylic acids is 1. The van der Waals surface area contributed by atoms with Crippen LogP contribution in [0.1, 0.15) is 26.2 Å². The molecule has 0 radical (unpaired) electrons. The number of hydrogen-bond donors (Lipinski definition) is 1. The van der Waals surface area contributed by atoms with E-state index in [2.05, 4.69) is 6.92 Å². The normalized spacial score (nSPS) is 22.6. The van der Waals surface area contributed by atoms with E-state index >= 15 is 0 Å². The number of rotatable bonds is 5. The number of β-amino-alcohol motifs (C(OH)–C–C–N with tert-alkyl or cyclic N) is 1. The summed E-state index contributed by atoms with van der Waals surface area (Å²) in [6.45, 7) is 4.30. The summed E-state index contributed by atoms with van der Waals surface area (Å²) in [5, 5.41) is 9.23. The molecular weight excluding hydrogens is 182 g/mol. The highest BCUT2D eigenvalue weighted by Gasteiger charge is 2.22. The molecule has 0 bridgehead atoms. The monoisotopic (exact) mass is 201 g/mol. The molecule has 1 N–H and O–H groups in total. The lowest BCUT2D eigenvalue weighted by molar-refractivity contribution is -0.144. The zero-order valence-electron chi connectivity index (χ0n) is 8.74. The van der Waals surface area contributed by atoms with Crippen molar-refractivity contribution in [2.75, 3.05) is 26.2 Å². The molecule has 1 atom stereocenters. The highest BCUT2D eigenvalue weighted by molar-refractivity contribution is 5.71. The third-order valence-corrected chi connectivity index (χ3v) is 2.36. The fraction of sp³-hybridized carbons (Fsp3) is 0.900. The second-order valence-corrected chi connectivity index (χ2v) is 3.75. The molecule has 1 saturated heterocycles. The second-order valence-electron chi connectivity index (χ2n) is 3.75. The Hall–Kier alpha value is -0.610. The molecule has 0 amide bonds. The van der Waals surface area contributed by atoms with Crippen molar-refractivity contribution in [1.29, 1.82) is 0 Å². The van der Waals surface area contributed by atoms with Gasteiger partial charge in [-0.25, -0.2) is 0 Å². The number of aliphatic hydroxyl groups is 1. The third kappa shape index (κ3) is 4.07. The smallest absolute Gasteiger partial charge is 0.320 e. The Balaban J connectivity index is 2.08. The van der Waals surface area contributed by atoms with E-state index in [9.17, 15) is 9.90 Å². The zero-order valence-corrected chi connectivity index (χ0v) is 8.74. The first-order valence-electron chi connectivity index (χ1n) is 5.28. The standard InChI is InChI=1S/C10H19NO3/c1-2-3-6-14-10(13)8-11-5-4-9(12)7-11/h9,12H,2-8H2,1H3/t9-/m0/s1. The van der Waals surface area contributed by atoms with Gasteiger partial charge in [0, 0.05) is 13.1 Å². The Bertz CT molecular complexity index is 184. The fourth-order valence-corrected chi connectivity index (χ4v) is 1.51. The summed E-state index contributed by atoms with van der Waals surface area (Å²) in [7, 11) is 0. The van der Waals surface area contributed by atoms with Gasteiger partial charge in [-0.15, -0.1) is 0 Å². The van der Waals surface area contributed by atoms with Crippen LogP contribution in [0.15, 0.2) is 0 Å². The SMILES string of the molecule is CCCCOC(=O)CN1CC[C@H](O)C1. The van der Waals surface area contributed by atoms with Crippen LogP contribution in [-0.4, -0.2) is 48.3 Å². The molecule has 4 heteroatoms. The van der Waals surface area contributed by atoms with Gasteiger partial charge in [-0.1, -0.05) is 13.3 Å². The summed E-state index contributed by atoms with van der Waals surface area (Å²) >= 11 is 0. The topological polar surface area (TPSA) is 49.8 Å². The summed E-state index contributed by atoms with van der Waals surface area (Å²) in [6.07, 6.45) is 2.46. The lowest BCUT2D eigenvalue weighted by Crippen LogP contribution is -2.29. The number of likely N-dealkylation sites (tertiary alicyclic amines) is 1. The number of esters is 1. The van der Waals surface area contributed by atoms with Crippen molar-refractivity contribution in [3.63, 3.8) is 0 Å². The molecule has 0 spiro atoms. The van der Waals surface area contributed by atoms with E-state index < -0.39 is 0 Å². The third-order valence-electron chi connectivity index (χ3n) is 2.36. The molecule has 0 aromatic rings. The van der Waals surface area contributed by atoms with Crippen molar-refractivity contribution in [3.05, 3.63) is 0 Å². The van der Waals surface area contributed by atoms with Gasteiger partial charge in [-0.2, -0.15) is 0 Å². The number of aliphatic hydroxyl groups excluding tert-OH is 1. The summed E-state index contributed by atoms with van der Waals surface area (Å²) < 4.78 is 5.02. The van der Waals surface area contributed by atoms with Crippen LogP contribution in [0.25, 0.3) is 0 Å². The molecule has 1 fully saturated rings. The largest absolute Gasteiger partial charge is 0.465 e. The molecular formula is C10H19NO3. The molecule has 0 aliphatic carbocycles. The van der Waals surface area contributed by atoms with E-state index in [1.165, 1.54) is 0 Å². The van der Waals surface area contributed by atoms with Crippen LogP contribution in [0.2, 0.25) is 0 Å². The maximum Gasteiger partial charge on any atom is 0.320 e. The van der Waals surface area contributed by atoms with Gasteiger partial charge in [-0.3, -0.25) is 9.69 Å². The van der Waals surface area contributed by atoms with Crippen LogP contribution in [0.5, 0.6) is 0 Å². The zero-order chi connectivity index (χ0) is 10.4. The molecule has 1 rings (SSSR count). The van der Waals surface area contributed by atoms with Crippen LogP contribution < -0.4 is 0 Å². The summed E-state index contributed by atoms with van der Waals surface area (Å²) in [6, 6.07) is 0. The van der Waals surface area contributed by atoms with Crippen LogP contribution in [-0.2, 0) is 9.53 Å². The Morgan fingerprint density at radius 2 is 2.43 bits per heavy atom. The lowest BCUT2D eigenvalue weighted by Gasteiger charge is -2.13. The summed E-state index contributed by atoms with van der Waals surface area (Å²) in [4.78, 5) is 13.2. The van der Waals surface area contributed by atoms with Gasteiger partial charge < -0.3 is 9.84 Å². The van der Waals surface area contributed by atoms with Gasteiger partial charge in [0.05, 0.1) is 19.3 Å². The molecule has 1 aliphatic rings. The maximum absolute atomic E-state index is 11.2. The van der Waals surface area contributed by atoms with Crippen molar-refractivity contribution in [3.8, 4) is 0 Å². The molecule has 14 heavy (non-hydrogen) atoms. The average molecular weight is 201 g/mol. The number of nitrogens with zero attached hydrogens (tertiary/aromatic N) is 1. The Morgan fingerprint density at radius 3 is 3.00 bits per heavy atom. The molecule has 1 heterocycles. The van der Waals surface area contributed by atoms with Crippen molar-refractivity contribution in [2.45, 2.75) is 32.3 Å². The molecule has 4 nitrogen and oxygen atoms in total. The minimum Gasteiger partial charge on any atom is -0.465 e. The van der Waals surface area contributed by atoms with Crippen LogP contribution >= 0.6 is 0 Å². The van der Waals surface area contributed by atoms with Crippen LogP contribution in [0.3, 0.4) is 0 Å². The Labute approximate surface area is 84.8 Å². The predicted octanol–water partition coefficient (Wildman–Crippen LogP) is 0.396. The molecule has 0 saturated carbocycles. The van der Waals surface area contributed by atoms with Crippen molar-refractivity contribution in [1.82, 2.24) is 4.90 Å². The van der Waals surface area contributed by atoms with Gasteiger partial charge in [0.2, 0.25) is 0 Å². The first-order valence-corrected chi connectivity index (χ1v) is 5.28. The highest BCUT2D eigenvalue weighted by Crippen LogP contribution is 2.07. The average Bonchev–Trinajstić information content (AvgIpc) is 2.52. The lowest BCUT2D eigenvalue weighted by atomic mass is 10.3. The van der Waals surface area contributed by atoms with Crippen LogP contribution in [0.4, 0.5) is 0 Å². The van der Waals surface area contributed by atoms with E-state index in [0.29, 0.717) is 19.7 Å². The minimum atomic E-state index is -0.265. The van der Waals surface area contributed by atoms with E-state index in [0.717, 1.165) is 25.8 Å². The van der Waals surface area contributed by atoms with E-state index in [-0.39, 0.29) is 12.1 Å². The van der Waals surface area contributed by atoms with E-state index in [4.69, 9.17) is 4.74 Å². The molecule has 0 aromatic carbocycles. The number of hydrogen-bond acceptors (Lipinski definition) is 4. The molecule has 1 aliphatic heterocycles. The van der Waals surface area contributed by atoms with Crippen molar-refractivity contribution in [2.24, 2.45) is 0 Å². The molecule has 82 valence electrons. The highest BCUT2D eigenvalue weighted by atomic mass is 16.5. The number of unbranched alkanes of at least 4 members (excludes halogenated alkanes) is 1. The number of ether oxygens (including phenoxy) is 1. The molecule has 0 unspecified atom stereocenters. The van der Waals surface area contributed by atoms with Gasteiger partial charge in [0.1, 0.15) is 0 Å². The first-order chi connectivity index (χ1) is 6.72. The Morgan fingerprint density at radius 1 is 1.64 bits per heavy atom. The quantitative estimate of drug-likeness (QED) is 0.516.